The Morgan fingerprint density at radius 3 is 0.957 bits per heavy atom. The first-order chi connectivity index (χ1) is 66.2. The second-order valence-corrected chi connectivity index (χ2v) is 34.8. The second-order valence-electron chi connectivity index (χ2n) is 33.9. The average molecular weight is 1920 g/mol. The van der Waals surface area contributed by atoms with Gasteiger partial charge in [0.25, 0.3) is 0 Å². The lowest BCUT2D eigenvalue weighted by Gasteiger charge is -2.37. The van der Waals surface area contributed by atoms with Gasteiger partial charge in [0.1, 0.15) is 23.0 Å². The first-order valence-electron chi connectivity index (χ1n) is 44.6. The van der Waals surface area contributed by atoms with Crippen molar-refractivity contribution >= 4 is 139 Å². The predicted molar refractivity (Wildman–Crippen MR) is 558 cm³/mol. The Balaban J connectivity index is 0.000000176. The molecule has 0 spiro atoms. The number of ether oxygens (including phenoxy) is 4. The van der Waals surface area contributed by atoms with Crippen molar-refractivity contribution in [2.45, 2.75) is 37.8 Å². The van der Waals surface area contributed by atoms with Crippen LogP contribution >= 0.6 is 23.2 Å². The summed E-state index contributed by atoms with van der Waals surface area (Å²) in [4.78, 5) is 102. The number of aryl methyl sites for hydroxylation is 4. The minimum absolute atomic E-state index is 0.270. The van der Waals surface area contributed by atoms with Crippen molar-refractivity contribution in [1.29, 1.82) is 0 Å². The number of carbonyl (C=O) groups excluding carboxylic acids is 4. The number of anilines is 16. The molecule has 12 aromatic rings. The fourth-order valence-electron chi connectivity index (χ4n) is 15.3. The SMILES string of the molecule is C=CC(=O)Nc1cc(Nc2ncc(Cl)c(-c3ccn(C)c3)n2)c(OC)cc1N(C)CCN(C)C.C=CC(=O)Nc1cc(Nc2ncc(Cl)c(-c3ccn(C)c3)n2)c(OC)cc1N1CCC(N(C)C)CC1.C=CC(=O)Nc1cc(Nc2nccc(-c3ccn(C)c3)n2)c(OC)cc1N(C)CCN(C)C.C=CC(=O)Nc1cc(Nc2nccc(-c3ccn(C)c3)n2)c(OC)cc1N1CCC(N(C)C)CC1. The number of carbonyl (C=O) groups is 4. The molecule has 0 radical (unpaired) electrons. The van der Waals surface area contributed by atoms with E-state index in [9.17, 15) is 19.2 Å². The van der Waals surface area contributed by atoms with Crippen molar-refractivity contribution in [2.75, 3.05) is 213 Å². The molecule has 36 nitrogen and oxygen atoms in total. The molecule has 4 aromatic carbocycles. The van der Waals surface area contributed by atoms with Crippen molar-refractivity contribution in [1.82, 2.24) is 77.7 Å². The Bertz CT molecular complexity index is 6230. The summed E-state index contributed by atoms with van der Waals surface area (Å²) in [7, 11) is 34.7. The van der Waals surface area contributed by atoms with E-state index in [0.29, 0.717) is 126 Å². The van der Waals surface area contributed by atoms with Crippen LogP contribution < -0.4 is 81.1 Å². The van der Waals surface area contributed by atoms with E-state index >= 15 is 0 Å². The monoisotopic (exact) mass is 1920 g/mol. The number of aromatic nitrogens is 12. The number of halogens is 2. The summed E-state index contributed by atoms with van der Waals surface area (Å²) in [5.41, 5.74) is 15.1. The van der Waals surface area contributed by atoms with Gasteiger partial charge in [-0.1, -0.05) is 49.5 Å². The molecule has 8 N–H and O–H groups in total. The first-order valence-corrected chi connectivity index (χ1v) is 45.4. The fraction of sp³-hybridized carbons (Fsp3) is 0.320. The van der Waals surface area contributed by atoms with Gasteiger partial charge >= 0.3 is 0 Å². The van der Waals surface area contributed by atoms with Crippen LogP contribution in [0.15, 0.2) is 210 Å². The highest BCUT2D eigenvalue weighted by Gasteiger charge is 2.29. The summed E-state index contributed by atoms with van der Waals surface area (Å²) in [6, 6.07) is 27.6. The third-order valence-electron chi connectivity index (χ3n) is 23.0. The van der Waals surface area contributed by atoms with E-state index in [1.807, 2.05) is 217 Å². The lowest BCUT2D eigenvalue weighted by Crippen LogP contribution is -2.42. The van der Waals surface area contributed by atoms with Gasteiger partial charge in [0, 0.05) is 215 Å². The smallest absolute Gasteiger partial charge is 0.247 e. The quantitative estimate of drug-likeness (QED) is 0.0169. The molecule has 10 heterocycles. The van der Waals surface area contributed by atoms with Crippen LogP contribution in [0, 0.1) is 0 Å². The number of hydrogen-bond acceptors (Lipinski definition) is 28. The van der Waals surface area contributed by atoms with Gasteiger partial charge in [0.2, 0.25) is 47.4 Å². The van der Waals surface area contributed by atoms with Gasteiger partial charge < -0.3 is 119 Å². The molecule has 14 rings (SSSR count). The maximum Gasteiger partial charge on any atom is 0.247 e. The highest BCUT2D eigenvalue weighted by Crippen LogP contribution is 2.45. The summed E-state index contributed by atoms with van der Waals surface area (Å²) in [6.07, 6.45) is 31.4. The fourth-order valence-corrected chi connectivity index (χ4v) is 15.7. The molecule has 0 saturated carbocycles. The van der Waals surface area contributed by atoms with E-state index in [1.165, 1.54) is 24.3 Å². The van der Waals surface area contributed by atoms with Gasteiger partial charge in [-0.15, -0.1) is 0 Å². The summed E-state index contributed by atoms with van der Waals surface area (Å²) in [5.74, 6) is 2.81. The Hall–Kier alpha value is -14.8. The van der Waals surface area contributed by atoms with E-state index in [1.54, 1.807) is 59.3 Å². The topological polar surface area (TPSA) is 350 Å². The van der Waals surface area contributed by atoms with Gasteiger partial charge in [0.15, 0.2) is 0 Å². The summed E-state index contributed by atoms with van der Waals surface area (Å²) in [6.45, 7) is 21.0. The molecular weight excluding hydrogens is 1790 g/mol. The second kappa shape index (κ2) is 49.1. The van der Waals surface area contributed by atoms with Crippen molar-refractivity contribution < 1.29 is 38.1 Å². The summed E-state index contributed by atoms with van der Waals surface area (Å²) >= 11 is 12.7. The molecule has 8 aromatic heterocycles. The number of nitrogens with zero attached hydrogens (tertiary/aromatic N) is 20. The largest absolute Gasteiger partial charge is 0.494 e. The van der Waals surface area contributed by atoms with Crippen LogP contribution in [0.1, 0.15) is 25.7 Å². The zero-order chi connectivity index (χ0) is 99.6. The Kier molecular flexibility index (Phi) is 36.9. The molecule has 2 aliphatic rings. The van der Waals surface area contributed by atoms with E-state index in [2.05, 4.69) is 176 Å². The minimum Gasteiger partial charge on any atom is -0.494 e. The van der Waals surface area contributed by atoms with Gasteiger partial charge in [-0.05, 0) is 167 Å². The standard InChI is InChI=1S/C26H32ClN7O2.C26H33N7O2.C24H30ClN7O2.C24H31N7O2/c1-6-24(35)29-20-13-21(23(36-5)14-22(20)34-11-8-18(9-12-34)32(2)3)30-26-28-15-19(27)25(31-26)17-7-10-33(4)16-17;1-6-25(34)28-21-15-22(30-26-27-11-7-20(29-26)18-8-12-32(4)17-18)24(35-5)16-23(21)33-13-9-19(10-14-33)31(2)3;1-7-22(33)27-18-12-19(21(34-6)13-20(18)32(5)11-10-30(2)3)28-24-26-14-17(25)23(29-24)16-8-9-31(4)15-16;1-7-23(32)26-19-14-20(22(33-6)15-21(19)31(5)13-12-29(2)3)28-24-25-10-8-18(27-24)17-9-11-30(4)16-17/h6-7,10,13-16,18H,1,8-9,11-12H2,2-5H3,(H,29,35)(H,28,30,31);6-8,11-12,15-17,19H,1,9-10,13-14H2,2-5H3,(H,28,34)(H,27,29,30);7-9,12-15H,1,10-11H2,2-6H3,(H,27,33)(H,26,28,29);7-11,14-16H,1,12-13H2,2-6H3,(H,26,32)(H,25,27,28). The van der Waals surface area contributed by atoms with Crippen LogP contribution in [0.3, 0.4) is 0 Å². The van der Waals surface area contributed by atoms with Gasteiger partial charge in [-0.2, -0.15) is 0 Å². The van der Waals surface area contributed by atoms with Crippen molar-refractivity contribution in [3.05, 3.63) is 220 Å². The number of nitrogens with one attached hydrogen (secondary N) is 8. The first kappa shape index (κ1) is 104. The number of likely N-dealkylation sites (N-methyl/N-ethyl adjacent to an activating group) is 4. The third kappa shape index (κ3) is 28.2. The van der Waals surface area contributed by atoms with Gasteiger partial charge in [-0.25, -0.2) is 39.9 Å². The number of amides is 4. The molecular formula is C100H126Cl2N28O8. The predicted octanol–water partition coefficient (Wildman–Crippen LogP) is 15.8. The molecule has 4 amide bonds. The third-order valence-corrected chi connectivity index (χ3v) is 23.5. The summed E-state index contributed by atoms with van der Waals surface area (Å²) in [5, 5.41) is 25.5. The minimum atomic E-state index is -0.313. The van der Waals surface area contributed by atoms with E-state index in [0.717, 1.165) is 134 Å². The molecule has 0 atom stereocenters. The van der Waals surface area contributed by atoms with Crippen LogP contribution in [0.4, 0.5) is 92.0 Å². The molecule has 2 saturated heterocycles. The molecule has 2 fully saturated rings. The number of benzene rings is 4. The lowest BCUT2D eigenvalue weighted by molar-refractivity contribution is -0.112. The molecule has 728 valence electrons. The van der Waals surface area contributed by atoms with Gasteiger partial charge in [0.05, 0.1) is 142 Å². The number of hydrogen-bond donors (Lipinski definition) is 8. The maximum atomic E-state index is 12.3. The van der Waals surface area contributed by atoms with E-state index in [-0.39, 0.29) is 23.6 Å². The van der Waals surface area contributed by atoms with Crippen molar-refractivity contribution in [3.8, 4) is 68.0 Å². The molecule has 0 bridgehead atoms. The molecule has 2 aliphatic heterocycles. The zero-order valence-corrected chi connectivity index (χ0v) is 83.3. The maximum absolute atomic E-state index is 12.3. The van der Waals surface area contributed by atoms with Crippen LogP contribution in [-0.2, 0) is 47.4 Å². The molecule has 38 heteroatoms. The van der Waals surface area contributed by atoms with Crippen LogP contribution in [0.2, 0.25) is 10.0 Å². The van der Waals surface area contributed by atoms with Crippen molar-refractivity contribution in [2.24, 2.45) is 28.2 Å². The van der Waals surface area contributed by atoms with Gasteiger partial charge in [-0.3, -0.25) is 19.2 Å². The number of methoxy groups -OCH3 is 4. The number of piperidine rings is 2. The highest BCUT2D eigenvalue weighted by molar-refractivity contribution is 6.33. The number of rotatable bonds is 36. The van der Waals surface area contributed by atoms with E-state index < -0.39 is 0 Å². The van der Waals surface area contributed by atoms with Crippen molar-refractivity contribution in [3.63, 3.8) is 0 Å². The van der Waals surface area contributed by atoms with E-state index in [4.69, 9.17) is 42.1 Å². The molecule has 0 aliphatic carbocycles. The van der Waals surface area contributed by atoms with Crippen LogP contribution in [-0.4, -0.2) is 265 Å². The molecule has 0 unspecified atom stereocenters. The van der Waals surface area contributed by atoms with Crippen LogP contribution in [0.25, 0.3) is 45.0 Å². The lowest BCUT2D eigenvalue weighted by atomic mass is 10.0. The summed E-state index contributed by atoms with van der Waals surface area (Å²) < 4.78 is 30.5. The Labute approximate surface area is 817 Å². The normalized spacial score (nSPS) is 12.5. The molecule has 138 heavy (non-hydrogen) atoms. The van der Waals surface area contributed by atoms with Crippen LogP contribution in [0.5, 0.6) is 23.0 Å². The zero-order valence-electron chi connectivity index (χ0n) is 81.8. The average Bonchev–Trinajstić information content (AvgIpc) is 0.998. The highest BCUT2D eigenvalue weighted by atomic mass is 35.5. The Morgan fingerprint density at radius 2 is 0.674 bits per heavy atom. The Morgan fingerprint density at radius 1 is 0.384 bits per heavy atom.